The van der Waals surface area contributed by atoms with Gasteiger partial charge in [-0.2, -0.15) is 5.10 Å². The topological polar surface area (TPSA) is 50.2 Å². The highest BCUT2D eigenvalue weighted by atomic mass is 16.1. The van der Waals surface area contributed by atoms with Crippen LogP contribution in [-0.4, -0.2) is 36.0 Å². The third-order valence-corrected chi connectivity index (χ3v) is 4.41. The molecule has 1 unspecified atom stereocenters. The van der Waals surface area contributed by atoms with Crippen LogP contribution in [0.15, 0.2) is 17.1 Å². The van der Waals surface area contributed by atoms with Gasteiger partial charge in [-0.05, 0) is 51.1 Å². The molecule has 1 N–H and O–H groups in total. The lowest BCUT2D eigenvalue weighted by molar-refractivity contribution is 0.319. The van der Waals surface area contributed by atoms with Crippen LogP contribution in [0.1, 0.15) is 32.1 Å². The van der Waals surface area contributed by atoms with Crippen molar-refractivity contribution in [3.05, 3.63) is 22.6 Å². The smallest absolute Gasteiger partial charge is 0.268 e. The second-order valence-corrected chi connectivity index (χ2v) is 5.99. The number of aromatic nitrogens is 2. The van der Waals surface area contributed by atoms with E-state index in [2.05, 4.69) is 15.3 Å². The first-order valence-corrected chi connectivity index (χ1v) is 7.86. The Balaban J connectivity index is 1.68. The predicted octanol–water partition coefficient (Wildman–Crippen LogP) is 1.23. The minimum atomic E-state index is 0.0404. The Labute approximate surface area is 120 Å². The van der Waals surface area contributed by atoms with Crippen molar-refractivity contribution in [2.75, 3.05) is 31.1 Å². The quantitative estimate of drug-likeness (QED) is 0.902. The first-order valence-electron chi connectivity index (χ1n) is 7.86. The minimum absolute atomic E-state index is 0.0404. The summed E-state index contributed by atoms with van der Waals surface area (Å²) in [5, 5.41) is 7.77. The number of nitrogens with zero attached hydrogens (tertiary/aromatic N) is 3. The van der Waals surface area contributed by atoms with Gasteiger partial charge in [-0.15, -0.1) is 0 Å². The number of nitrogens with one attached hydrogen (secondary N) is 1. The number of rotatable bonds is 3. The maximum Gasteiger partial charge on any atom is 0.268 e. The Bertz CT molecular complexity index is 487. The fraction of sp³-hybridized carbons (Fsp3) is 0.733. The standard InChI is InChI=1S/C15H24N4O/c20-15-9-14(18-7-2-1-3-8-18)11-17-19(15)12-13-5-4-6-16-10-13/h9,11,13,16H,1-8,10,12H2. The summed E-state index contributed by atoms with van der Waals surface area (Å²) in [7, 11) is 0. The summed E-state index contributed by atoms with van der Waals surface area (Å²) in [6.45, 7) is 4.95. The fourth-order valence-electron chi connectivity index (χ4n) is 3.21. The van der Waals surface area contributed by atoms with E-state index in [1.54, 1.807) is 10.7 Å². The summed E-state index contributed by atoms with van der Waals surface area (Å²) in [4.78, 5) is 14.5. The van der Waals surface area contributed by atoms with Crippen molar-refractivity contribution < 1.29 is 0 Å². The molecule has 2 saturated heterocycles. The van der Waals surface area contributed by atoms with Crippen LogP contribution in [0.25, 0.3) is 0 Å². The third-order valence-electron chi connectivity index (χ3n) is 4.41. The zero-order chi connectivity index (χ0) is 13.8. The van der Waals surface area contributed by atoms with Gasteiger partial charge in [0.1, 0.15) is 0 Å². The molecule has 5 heteroatoms. The molecule has 1 aromatic rings. The third kappa shape index (κ3) is 3.20. The first-order chi connectivity index (χ1) is 9.83. The molecule has 2 fully saturated rings. The van der Waals surface area contributed by atoms with Gasteiger partial charge in [0.05, 0.1) is 11.9 Å². The van der Waals surface area contributed by atoms with Crippen LogP contribution >= 0.6 is 0 Å². The van der Waals surface area contributed by atoms with Gasteiger partial charge in [0.25, 0.3) is 5.56 Å². The van der Waals surface area contributed by atoms with Crippen LogP contribution in [0.4, 0.5) is 5.69 Å². The second kappa shape index (κ2) is 6.39. The van der Waals surface area contributed by atoms with Crippen LogP contribution in [0.3, 0.4) is 0 Å². The highest BCUT2D eigenvalue weighted by Crippen LogP contribution is 2.17. The summed E-state index contributed by atoms with van der Waals surface area (Å²) in [6.07, 6.45) is 7.99. The van der Waals surface area contributed by atoms with Gasteiger partial charge in [-0.1, -0.05) is 0 Å². The number of piperidine rings is 2. The first kappa shape index (κ1) is 13.6. The number of anilines is 1. The van der Waals surface area contributed by atoms with Gasteiger partial charge < -0.3 is 10.2 Å². The van der Waals surface area contributed by atoms with Crippen molar-refractivity contribution in [3.63, 3.8) is 0 Å². The fourth-order valence-corrected chi connectivity index (χ4v) is 3.21. The monoisotopic (exact) mass is 276 g/mol. The normalized spacial score (nSPS) is 23.8. The second-order valence-electron chi connectivity index (χ2n) is 5.99. The maximum atomic E-state index is 12.2. The molecule has 0 spiro atoms. The summed E-state index contributed by atoms with van der Waals surface area (Å²) < 4.78 is 1.63. The van der Waals surface area contributed by atoms with Crippen LogP contribution in [0, 0.1) is 5.92 Å². The number of hydrogen-bond donors (Lipinski definition) is 1. The zero-order valence-corrected chi connectivity index (χ0v) is 12.1. The predicted molar refractivity (Wildman–Crippen MR) is 80.2 cm³/mol. The van der Waals surface area contributed by atoms with Crippen molar-refractivity contribution in [1.82, 2.24) is 15.1 Å². The molecule has 1 aromatic heterocycles. The molecular weight excluding hydrogens is 252 g/mol. The van der Waals surface area contributed by atoms with E-state index >= 15 is 0 Å². The Kier molecular flexibility index (Phi) is 4.35. The van der Waals surface area contributed by atoms with Crippen molar-refractivity contribution in [2.45, 2.75) is 38.6 Å². The lowest BCUT2D eigenvalue weighted by Crippen LogP contribution is -2.36. The highest BCUT2D eigenvalue weighted by molar-refractivity contribution is 5.43. The molecule has 0 aliphatic carbocycles. The van der Waals surface area contributed by atoms with E-state index in [0.717, 1.165) is 38.4 Å². The lowest BCUT2D eigenvalue weighted by atomic mass is 10.00. The van der Waals surface area contributed by atoms with Gasteiger partial charge in [-0.25, -0.2) is 4.68 Å². The Hall–Kier alpha value is -1.36. The highest BCUT2D eigenvalue weighted by Gasteiger charge is 2.16. The van der Waals surface area contributed by atoms with Crippen molar-refractivity contribution in [1.29, 1.82) is 0 Å². The molecule has 3 rings (SSSR count). The molecule has 1 atom stereocenters. The van der Waals surface area contributed by atoms with Gasteiger partial charge in [0, 0.05) is 25.7 Å². The molecule has 0 saturated carbocycles. The SMILES string of the molecule is O=c1cc(N2CCCCC2)cnn1CC1CCCNC1. The Morgan fingerprint density at radius 2 is 2.10 bits per heavy atom. The average Bonchev–Trinajstić information content (AvgIpc) is 2.51. The van der Waals surface area contributed by atoms with E-state index < -0.39 is 0 Å². The lowest BCUT2D eigenvalue weighted by Gasteiger charge is -2.28. The van der Waals surface area contributed by atoms with Crippen LogP contribution in [0.5, 0.6) is 0 Å². The molecule has 0 aromatic carbocycles. The van der Waals surface area contributed by atoms with Crippen molar-refractivity contribution >= 4 is 5.69 Å². The average molecular weight is 276 g/mol. The van der Waals surface area contributed by atoms with Crippen molar-refractivity contribution in [2.24, 2.45) is 5.92 Å². The van der Waals surface area contributed by atoms with Gasteiger partial charge >= 0.3 is 0 Å². The molecule has 0 bridgehead atoms. The summed E-state index contributed by atoms with van der Waals surface area (Å²) in [6, 6.07) is 1.76. The van der Waals surface area contributed by atoms with E-state index in [1.807, 2.05) is 6.20 Å². The van der Waals surface area contributed by atoms with Crippen molar-refractivity contribution in [3.8, 4) is 0 Å². The van der Waals surface area contributed by atoms with Gasteiger partial charge in [0.2, 0.25) is 0 Å². The number of hydrogen-bond acceptors (Lipinski definition) is 4. The summed E-state index contributed by atoms with van der Waals surface area (Å²) in [5.41, 5.74) is 1.03. The molecule has 3 heterocycles. The molecule has 2 aliphatic heterocycles. The van der Waals surface area contributed by atoms with E-state index in [0.29, 0.717) is 5.92 Å². The summed E-state index contributed by atoms with van der Waals surface area (Å²) >= 11 is 0. The van der Waals surface area contributed by atoms with E-state index in [-0.39, 0.29) is 5.56 Å². The zero-order valence-electron chi connectivity index (χ0n) is 12.1. The minimum Gasteiger partial charge on any atom is -0.370 e. The van der Waals surface area contributed by atoms with E-state index in [9.17, 15) is 4.79 Å². The largest absolute Gasteiger partial charge is 0.370 e. The van der Waals surface area contributed by atoms with E-state index in [1.165, 1.54) is 32.1 Å². The van der Waals surface area contributed by atoms with Gasteiger partial charge in [-0.3, -0.25) is 4.79 Å². The molecule has 110 valence electrons. The van der Waals surface area contributed by atoms with Crippen LogP contribution in [0.2, 0.25) is 0 Å². The van der Waals surface area contributed by atoms with E-state index in [4.69, 9.17) is 0 Å². The molecule has 0 radical (unpaired) electrons. The Morgan fingerprint density at radius 3 is 2.80 bits per heavy atom. The van der Waals surface area contributed by atoms with Gasteiger partial charge in [0.15, 0.2) is 0 Å². The molecule has 2 aliphatic rings. The molecular formula is C15H24N4O. The maximum absolute atomic E-state index is 12.2. The van der Waals surface area contributed by atoms with Crippen LogP contribution in [-0.2, 0) is 6.54 Å². The molecule has 5 nitrogen and oxygen atoms in total. The molecule has 20 heavy (non-hydrogen) atoms. The molecule has 0 amide bonds. The Morgan fingerprint density at radius 1 is 1.25 bits per heavy atom. The summed E-state index contributed by atoms with van der Waals surface area (Å²) in [5.74, 6) is 0.537. The van der Waals surface area contributed by atoms with Crippen LogP contribution < -0.4 is 15.8 Å².